The molecule has 1 aromatic heterocycles. The van der Waals surface area contributed by atoms with Gasteiger partial charge in [-0.25, -0.2) is 0 Å². The van der Waals surface area contributed by atoms with Crippen molar-refractivity contribution >= 4 is 28.3 Å². The van der Waals surface area contributed by atoms with Crippen LogP contribution in [0.3, 0.4) is 0 Å². The van der Waals surface area contributed by atoms with Crippen molar-refractivity contribution < 1.29 is 22.7 Å². The second kappa shape index (κ2) is 9.77. The number of alkyl halides is 3. The second-order valence-electron chi connectivity index (χ2n) is 9.86. The zero-order chi connectivity index (χ0) is 26.3. The minimum Gasteiger partial charge on any atom is -0.480 e. The largest absolute Gasteiger partial charge is 0.480 e. The summed E-state index contributed by atoms with van der Waals surface area (Å²) in [6.45, 7) is 4.26. The number of amides is 1. The van der Waals surface area contributed by atoms with Crippen molar-refractivity contribution in [2.45, 2.75) is 50.9 Å². The van der Waals surface area contributed by atoms with Gasteiger partial charge in [0.05, 0.1) is 22.2 Å². The number of aromatic amines is 1. The fraction of sp³-hybridized carbons (Fsp3) is 0.462. The highest BCUT2D eigenvalue weighted by Gasteiger charge is 2.38. The number of carbonyl (C=O) groups is 1. The lowest BCUT2D eigenvalue weighted by Crippen LogP contribution is -2.50. The lowest BCUT2D eigenvalue weighted by Gasteiger charge is -2.39. The highest BCUT2D eigenvalue weighted by Crippen LogP contribution is 2.38. The van der Waals surface area contributed by atoms with Crippen LogP contribution in [0.4, 0.5) is 24.7 Å². The number of halogens is 3. The Morgan fingerprint density at radius 3 is 2.46 bits per heavy atom. The van der Waals surface area contributed by atoms with E-state index in [9.17, 15) is 18.0 Å². The van der Waals surface area contributed by atoms with E-state index >= 15 is 0 Å². The maximum atomic E-state index is 13.3. The van der Waals surface area contributed by atoms with Crippen LogP contribution in [0.2, 0.25) is 0 Å². The maximum Gasteiger partial charge on any atom is 0.425 e. The summed E-state index contributed by atoms with van der Waals surface area (Å²) in [6, 6.07) is 9.18. The van der Waals surface area contributed by atoms with E-state index in [4.69, 9.17) is 16.2 Å². The summed E-state index contributed by atoms with van der Waals surface area (Å²) in [5.41, 5.74) is 14.5. The van der Waals surface area contributed by atoms with Gasteiger partial charge in [-0.2, -0.15) is 18.3 Å². The standard InChI is InChI=1S/C26H31F3N6O2/c1-15(26(27,28)29)37-22-14-17(12-20-23(22)24(30)33-32-20)16-6-7-19(25(31)36)21(13-16)35-10-8-34(9-11-35)18-4-2-3-5-18/h6-7,12-15,18H,2-5,8-11H2,1H3,(H2,31,36)(H3,30,32,33). The van der Waals surface area contributed by atoms with Crippen LogP contribution in [0.25, 0.3) is 22.0 Å². The average Bonchev–Trinajstić information content (AvgIpc) is 3.53. The topological polar surface area (TPSA) is 114 Å². The molecule has 1 unspecified atom stereocenters. The number of anilines is 2. The van der Waals surface area contributed by atoms with Crippen LogP contribution in [0.15, 0.2) is 30.3 Å². The van der Waals surface area contributed by atoms with Crippen LogP contribution in [-0.2, 0) is 0 Å². The van der Waals surface area contributed by atoms with Gasteiger partial charge in [0.2, 0.25) is 0 Å². The number of hydrogen-bond acceptors (Lipinski definition) is 6. The van der Waals surface area contributed by atoms with Crippen molar-refractivity contribution in [3.8, 4) is 16.9 Å². The Kier molecular flexibility index (Phi) is 6.65. The van der Waals surface area contributed by atoms with E-state index < -0.39 is 18.2 Å². The van der Waals surface area contributed by atoms with Gasteiger partial charge in [0.25, 0.3) is 5.91 Å². The third kappa shape index (κ3) is 5.04. The minimum absolute atomic E-state index is 0.0192. The first-order valence-corrected chi connectivity index (χ1v) is 12.6. The first-order valence-electron chi connectivity index (χ1n) is 12.6. The molecule has 3 aromatic rings. The summed E-state index contributed by atoms with van der Waals surface area (Å²) in [5.74, 6) is -0.496. The van der Waals surface area contributed by atoms with E-state index in [2.05, 4.69) is 20.0 Å². The second-order valence-corrected chi connectivity index (χ2v) is 9.86. The molecule has 2 heterocycles. The zero-order valence-electron chi connectivity index (χ0n) is 20.6. The molecule has 11 heteroatoms. The van der Waals surface area contributed by atoms with Crippen molar-refractivity contribution in [3.05, 3.63) is 35.9 Å². The molecule has 0 radical (unpaired) electrons. The molecule has 8 nitrogen and oxygen atoms in total. The third-order valence-corrected chi connectivity index (χ3v) is 7.51. The van der Waals surface area contributed by atoms with E-state index in [0.29, 0.717) is 33.9 Å². The van der Waals surface area contributed by atoms with Gasteiger partial charge in [-0.3, -0.25) is 14.8 Å². The number of piperazine rings is 1. The summed E-state index contributed by atoms with van der Waals surface area (Å²) in [5, 5.41) is 7.00. The molecular formula is C26H31F3N6O2. The van der Waals surface area contributed by atoms with Gasteiger partial charge in [-0.1, -0.05) is 18.9 Å². The first-order chi connectivity index (χ1) is 17.6. The lowest BCUT2D eigenvalue weighted by molar-refractivity contribution is -0.188. The van der Waals surface area contributed by atoms with E-state index in [1.165, 1.54) is 31.7 Å². The zero-order valence-corrected chi connectivity index (χ0v) is 20.6. The molecule has 1 aliphatic heterocycles. The van der Waals surface area contributed by atoms with Crippen LogP contribution in [0.5, 0.6) is 5.75 Å². The number of nitrogen functional groups attached to an aromatic ring is 1. The Bertz CT molecular complexity index is 1290. The number of carbonyl (C=O) groups excluding carboxylic acids is 1. The number of ether oxygens (including phenoxy) is 1. The number of nitrogens with two attached hydrogens (primary N) is 2. The monoisotopic (exact) mass is 516 g/mol. The minimum atomic E-state index is -4.54. The number of primary amides is 1. The molecule has 2 aromatic carbocycles. The molecule has 0 bridgehead atoms. The molecule has 1 amide bonds. The quantitative estimate of drug-likeness (QED) is 0.450. The predicted octanol–water partition coefficient (Wildman–Crippen LogP) is 4.31. The van der Waals surface area contributed by atoms with Crippen LogP contribution in [-0.4, -0.2) is 65.5 Å². The van der Waals surface area contributed by atoms with Crippen LogP contribution in [0.1, 0.15) is 43.0 Å². The smallest absolute Gasteiger partial charge is 0.425 e. The fourth-order valence-electron chi connectivity index (χ4n) is 5.44. The van der Waals surface area contributed by atoms with Gasteiger partial charge in [-0.15, -0.1) is 0 Å². The molecule has 1 saturated carbocycles. The van der Waals surface area contributed by atoms with Crippen LogP contribution >= 0.6 is 0 Å². The number of H-pyrrole nitrogens is 1. The highest BCUT2D eigenvalue weighted by molar-refractivity contribution is 6.01. The molecule has 37 heavy (non-hydrogen) atoms. The number of nitrogens with one attached hydrogen (secondary N) is 1. The summed E-state index contributed by atoms with van der Waals surface area (Å²) in [4.78, 5) is 16.9. The number of nitrogens with zero attached hydrogens (tertiary/aromatic N) is 3. The lowest BCUT2D eigenvalue weighted by atomic mass is 9.99. The summed E-state index contributed by atoms with van der Waals surface area (Å²) < 4.78 is 45.1. The maximum absolute atomic E-state index is 13.3. The normalized spacial score (nSPS) is 18.4. The number of fused-ring (bicyclic) bond motifs is 1. The van der Waals surface area contributed by atoms with Crippen molar-refractivity contribution in [1.29, 1.82) is 0 Å². The molecule has 2 fully saturated rings. The van der Waals surface area contributed by atoms with E-state index in [-0.39, 0.29) is 17.0 Å². The molecule has 5 rings (SSSR count). The van der Waals surface area contributed by atoms with Gasteiger partial charge in [0, 0.05) is 32.2 Å². The molecule has 198 valence electrons. The SMILES string of the molecule is CC(Oc1cc(-c2ccc(C(N)=O)c(N3CCN(C4CCCC4)CC3)c2)cc2[nH]nc(N)c12)C(F)(F)F. The molecule has 0 spiro atoms. The number of rotatable bonds is 6. The van der Waals surface area contributed by atoms with Gasteiger partial charge in [-0.05, 0) is 55.2 Å². The Hall–Kier alpha value is -3.47. The predicted molar refractivity (Wildman–Crippen MR) is 137 cm³/mol. The van der Waals surface area contributed by atoms with Crippen LogP contribution in [0, 0.1) is 0 Å². The molecule has 1 aliphatic carbocycles. The summed E-state index contributed by atoms with van der Waals surface area (Å²) >= 11 is 0. The van der Waals surface area contributed by atoms with Gasteiger partial charge in [0.15, 0.2) is 11.9 Å². The van der Waals surface area contributed by atoms with Crippen molar-refractivity contribution in [2.75, 3.05) is 36.8 Å². The van der Waals surface area contributed by atoms with Gasteiger partial charge in [0.1, 0.15) is 5.75 Å². The number of benzene rings is 2. The van der Waals surface area contributed by atoms with Crippen LogP contribution < -0.4 is 21.1 Å². The molecule has 5 N–H and O–H groups in total. The van der Waals surface area contributed by atoms with Crippen molar-refractivity contribution in [2.24, 2.45) is 5.73 Å². The van der Waals surface area contributed by atoms with E-state index in [0.717, 1.165) is 33.1 Å². The Morgan fingerprint density at radius 2 is 1.81 bits per heavy atom. The molecule has 1 atom stereocenters. The van der Waals surface area contributed by atoms with E-state index in [1.807, 2.05) is 6.07 Å². The fourth-order valence-corrected chi connectivity index (χ4v) is 5.44. The van der Waals surface area contributed by atoms with Crippen molar-refractivity contribution in [3.63, 3.8) is 0 Å². The Labute approximate surface area is 212 Å². The molecule has 2 aliphatic rings. The van der Waals surface area contributed by atoms with Gasteiger partial charge >= 0.3 is 6.18 Å². The third-order valence-electron chi connectivity index (χ3n) is 7.51. The van der Waals surface area contributed by atoms with E-state index in [1.54, 1.807) is 18.2 Å². The highest BCUT2D eigenvalue weighted by atomic mass is 19.4. The number of aromatic nitrogens is 2. The average molecular weight is 517 g/mol. The molecular weight excluding hydrogens is 485 g/mol. The first kappa shape index (κ1) is 25.2. The number of hydrogen-bond donors (Lipinski definition) is 3. The summed E-state index contributed by atoms with van der Waals surface area (Å²) in [6.07, 6.45) is -1.56. The summed E-state index contributed by atoms with van der Waals surface area (Å²) in [7, 11) is 0. The van der Waals surface area contributed by atoms with Gasteiger partial charge < -0.3 is 21.1 Å². The Balaban J connectivity index is 1.49. The molecule has 1 saturated heterocycles. The van der Waals surface area contributed by atoms with Crippen molar-refractivity contribution in [1.82, 2.24) is 15.1 Å². The Morgan fingerprint density at radius 1 is 1.11 bits per heavy atom.